The van der Waals surface area contributed by atoms with Gasteiger partial charge in [0.2, 0.25) is 0 Å². The molecule has 1 atom stereocenters. The van der Waals surface area contributed by atoms with Gasteiger partial charge in [-0.15, -0.1) is 0 Å². The largest absolute Gasteiger partial charge is 0.385 e. The minimum atomic E-state index is 0.493. The van der Waals surface area contributed by atoms with Crippen molar-refractivity contribution in [3.05, 3.63) is 29.3 Å². The Kier molecular flexibility index (Phi) is 5.23. The third-order valence-corrected chi connectivity index (χ3v) is 3.72. The van der Waals surface area contributed by atoms with Crippen LogP contribution in [0.2, 0.25) is 0 Å². The smallest absolute Gasteiger partial charge is 0.0620 e. The summed E-state index contributed by atoms with van der Waals surface area (Å²) in [6.45, 7) is 10.3. The van der Waals surface area contributed by atoms with Gasteiger partial charge in [0.15, 0.2) is 0 Å². The molecule has 0 radical (unpaired) electrons. The molecule has 0 spiro atoms. The maximum Gasteiger partial charge on any atom is 0.0620 e. The van der Waals surface area contributed by atoms with Gasteiger partial charge in [-0.05, 0) is 30.4 Å². The molecular formula is C16H26N2O. The first-order chi connectivity index (χ1) is 9.18. The Morgan fingerprint density at radius 2 is 2.26 bits per heavy atom. The predicted octanol–water partition coefficient (Wildman–Crippen LogP) is 2.91. The lowest BCUT2D eigenvalue weighted by Crippen LogP contribution is -2.42. The summed E-state index contributed by atoms with van der Waals surface area (Å²) in [6.07, 6.45) is 1.10. The topological polar surface area (TPSA) is 33.3 Å². The van der Waals surface area contributed by atoms with E-state index >= 15 is 0 Å². The molecule has 2 rings (SSSR count). The van der Waals surface area contributed by atoms with Gasteiger partial charge in [-0.25, -0.2) is 0 Å². The molecule has 1 fully saturated rings. The molecule has 2 N–H and O–H groups in total. The average molecular weight is 262 g/mol. The molecule has 1 unspecified atom stereocenters. The lowest BCUT2D eigenvalue weighted by Gasteiger charge is -2.24. The summed E-state index contributed by atoms with van der Waals surface area (Å²) in [5, 5.41) is 7.11. The van der Waals surface area contributed by atoms with Crippen LogP contribution in [-0.4, -0.2) is 32.3 Å². The van der Waals surface area contributed by atoms with Crippen molar-refractivity contribution in [1.29, 1.82) is 0 Å². The highest BCUT2D eigenvalue weighted by Crippen LogP contribution is 2.27. The number of hydrogen-bond acceptors (Lipinski definition) is 3. The summed E-state index contributed by atoms with van der Waals surface area (Å²) in [4.78, 5) is 0. The van der Waals surface area contributed by atoms with Crippen LogP contribution in [-0.2, 0) is 4.74 Å². The molecule has 106 valence electrons. The van der Waals surface area contributed by atoms with Crippen LogP contribution in [0.4, 0.5) is 5.69 Å². The number of rotatable bonds is 5. The van der Waals surface area contributed by atoms with E-state index in [1.54, 1.807) is 0 Å². The second kappa shape index (κ2) is 6.92. The highest BCUT2D eigenvalue weighted by Gasteiger charge is 2.13. The first-order valence-electron chi connectivity index (χ1n) is 7.33. The first kappa shape index (κ1) is 14.4. The van der Waals surface area contributed by atoms with Gasteiger partial charge >= 0.3 is 0 Å². The van der Waals surface area contributed by atoms with Crippen molar-refractivity contribution in [2.75, 3.05) is 31.6 Å². The zero-order valence-electron chi connectivity index (χ0n) is 12.3. The molecule has 0 aliphatic carbocycles. The number of aryl methyl sites for hydroxylation is 1. The number of hydrogen-bond donors (Lipinski definition) is 2. The van der Waals surface area contributed by atoms with E-state index in [4.69, 9.17) is 4.74 Å². The van der Waals surface area contributed by atoms with Crippen LogP contribution in [0.1, 0.15) is 37.3 Å². The Balaban J connectivity index is 1.91. The van der Waals surface area contributed by atoms with E-state index in [2.05, 4.69) is 49.6 Å². The summed E-state index contributed by atoms with van der Waals surface area (Å²) in [7, 11) is 0. The molecule has 1 saturated heterocycles. The number of anilines is 1. The Morgan fingerprint density at radius 3 is 2.95 bits per heavy atom. The number of ether oxygens (including phenoxy) is 1. The van der Waals surface area contributed by atoms with Crippen LogP contribution in [0.5, 0.6) is 0 Å². The van der Waals surface area contributed by atoms with Gasteiger partial charge in [0.05, 0.1) is 13.2 Å². The fourth-order valence-electron chi connectivity index (χ4n) is 2.59. The van der Waals surface area contributed by atoms with Gasteiger partial charge in [0.1, 0.15) is 0 Å². The summed E-state index contributed by atoms with van der Waals surface area (Å²) >= 11 is 0. The zero-order valence-corrected chi connectivity index (χ0v) is 12.3. The van der Waals surface area contributed by atoms with Gasteiger partial charge in [0.25, 0.3) is 0 Å². The normalized spacial score (nSPS) is 19.7. The molecular weight excluding hydrogens is 236 g/mol. The SMILES string of the molecule is Cc1cccc(C(C)C)c1NCCC1COCCN1. The summed E-state index contributed by atoms with van der Waals surface area (Å²) in [6, 6.07) is 7.04. The minimum Gasteiger partial charge on any atom is -0.385 e. The molecule has 0 saturated carbocycles. The van der Waals surface area contributed by atoms with Gasteiger partial charge in [-0.3, -0.25) is 0 Å². The standard InChI is InChI=1S/C16H26N2O/c1-12(2)15-6-4-5-13(3)16(15)18-8-7-14-11-19-10-9-17-14/h4-6,12,14,17-18H,7-11H2,1-3H3. The third kappa shape index (κ3) is 3.95. The quantitative estimate of drug-likeness (QED) is 0.856. The lowest BCUT2D eigenvalue weighted by molar-refractivity contribution is 0.0753. The van der Waals surface area contributed by atoms with Crippen molar-refractivity contribution in [3.63, 3.8) is 0 Å². The number of morpholine rings is 1. The first-order valence-corrected chi connectivity index (χ1v) is 7.33. The van der Waals surface area contributed by atoms with E-state index in [1.165, 1.54) is 16.8 Å². The van der Waals surface area contributed by atoms with E-state index in [9.17, 15) is 0 Å². The predicted molar refractivity (Wildman–Crippen MR) is 81.0 cm³/mol. The molecule has 19 heavy (non-hydrogen) atoms. The Labute approximate surface area is 116 Å². The van der Waals surface area contributed by atoms with Crippen LogP contribution in [0.3, 0.4) is 0 Å². The van der Waals surface area contributed by atoms with Crippen LogP contribution in [0.15, 0.2) is 18.2 Å². The van der Waals surface area contributed by atoms with Crippen molar-refractivity contribution in [2.45, 2.75) is 39.2 Å². The second-order valence-corrected chi connectivity index (χ2v) is 5.64. The Bertz CT molecular complexity index is 398. The lowest BCUT2D eigenvalue weighted by atomic mass is 9.98. The number of nitrogens with one attached hydrogen (secondary N) is 2. The van der Waals surface area contributed by atoms with Crippen LogP contribution < -0.4 is 10.6 Å². The zero-order chi connectivity index (χ0) is 13.7. The number of benzene rings is 1. The molecule has 0 amide bonds. The van der Waals surface area contributed by atoms with Gasteiger partial charge in [0, 0.05) is 24.8 Å². The Morgan fingerprint density at radius 1 is 1.42 bits per heavy atom. The molecule has 3 nitrogen and oxygen atoms in total. The fraction of sp³-hybridized carbons (Fsp3) is 0.625. The molecule has 0 aromatic heterocycles. The van der Waals surface area contributed by atoms with Crippen molar-refractivity contribution in [2.24, 2.45) is 0 Å². The van der Waals surface area contributed by atoms with Crippen molar-refractivity contribution in [3.8, 4) is 0 Å². The maximum absolute atomic E-state index is 5.48. The molecule has 1 aliphatic rings. The monoisotopic (exact) mass is 262 g/mol. The van der Waals surface area contributed by atoms with Crippen LogP contribution in [0.25, 0.3) is 0 Å². The second-order valence-electron chi connectivity index (χ2n) is 5.64. The minimum absolute atomic E-state index is 0.493. The van der Waals surface area contributed by atoms with E-state index in [0.29, 0.717) is 12.0 Å². The van der Waals surface area contributed by atoms with E-state index in [-0.39, 0.29) is 0 Å². The fourth-order valence-corrected chi connectivity index (χ4v) is 2.59. The van der Waals surface area contributed by atoms with Gasteiger partial charge in [-0.1, -0.05) is 32.0 Å². The highest BCUT2D eigenvalue weighted by molar-refractivity contribution is 5.58. The highest BCUT2D eigenvalue weighted by atomic mass is 16.5. The molecule has 3 heteroatoms. The molecule has 0 bridgehead atoms. The molecule has 1 aliphatic heterocycles. The molecule has 1 aromatic rings. The van der Waals surface area contributed by atoms with Gasteiger partial charge in [-0.2, -0.15) is 0 Å². The van der Waals surface area contributed by atoms with E-state index < -0.39 is 0 Å². The van der Waals surface area contributed by atoms with Crippen molar-refractivity contribution < 1.29 is 4.74 Å². The molecule has 1 heterocycles. The third-order valence-electron chi connectivity index (χ3n) is 3.72. The van der Waals surface area contributed by atoms with Crippen LogP contribution in [0, 0.1) is 6.92 Å². The maximum atomic E-state index is 5.48. The molecule has 1 aromatic carbocycles. The summed E-state index contributed by atoms with van der Waals surface area (Å²) in [5.41, 5.74) is 4.06. The van der Waals surface area contributed by atoms with Gasteiger partial charge < -0.3 is 15.4 Å². The van der Waals surface area contributed by atoms with Crippen molar-refractivity contribution in [1.82, 2.24) is 5.32 Å². The van der Waals surface area contributed by atoms with E-state index in [0.717, 1.165) is 32.7 Å². The Hall–Kier alpha value is -1.06. The number of para-hydroxylation sites is 1. The summed E-state index contributed by atoms with van der Waals surface area (Å²) in [5.74, 6) is 0.554. The van der Waals surface area contributed by atoms with E-state index in [1.807, 2.05) is 0 Å². The average Bonchev–Trinajstić information content (AvgIpc) is 2.41. The summed E-state index contributed by atoms with van der Waals surface area (Å²) < 4.78 is 5.48. The van der Waals surface area contributed by atoms with Crippen molar-refractivity contribution >= 4 is 5.69 Å². The van der Waals surface area contributed by atoms with Crippen LogP contribution >= 0.6 is 0 Å².